The van der Waals surface area contributed by atoms with Crippen molar-refractivity contribution in [3.8, 4) is 11.8 Å². The first-order valence-electron chi connectivity index (χ1n) is 15.1. The molecule has 1 N–H and O–H groups in total. The van der Waals surface area contributed by atoms with Gasteiger partial charge >= 0.3 is 6.18 Å². The zero-order valence-electron chi connectivity index (χ0n) is 24.4. The smallest absolute Gasteiger partial charge is 0.416 e. The van der Waals surface area contributed by atoms with Gasteiger partial charge in [-0.2, -0.15) is 18.4 Å². The van der Waals surface area contributed by atoms with Gasteiger partial charge < -0.3 is 15.0 Å². The summed E-state index contributed by atoms with van der Waals surface area (Å²) in [5.74, 6) is 0.877. The van der Waals surface area contributed by atoms with E-state index in [2.05, 4.69) is 33.3 Å². The third-order valence-corrected chi connectivity index (χ3v) is 10.0. The van der Waals surface area contributed by atoms with E-state index in [-0.39, 0.29) is 23.3 Å². The van der Waals surface area contributed by atoms with Crippen LogP contribution in [0.5, 0.6) is 5.75 Å². The number of nitriles is 1. The van der Waals surface area contributed by atoms with Crippen LogP contribution in [0.25, 0.3) is 0 Å². The summed E-state index contributed by atoms with van der Waals surface area (Å²) >= 11 is 1.60. The Morgan fingerprint density at radius 2 is 1.73 bits per heavy atom. The van der Waals surface area contributed by atoms with Gasteiger partial charge in [0.05, 0.1) is 22.4 Å². The number of thioether (sulfide) groups is 1. The highest BCUT2D eigenvalue weighted by Gasteiger charge is 2.32. The van der Waals surface area contributed by atoms with Crippen molar-refractivity contribution in [2.75, 3.05) is 31.1 Å². The summed E-state index contributed by atoms with van der Waals surface area (Å²) in [5, 5.41) is 12.3. The number of nitrogens with zero attached hydrogens (tertiary/aromatic N) is 3. The summed E-state index contributed by atoms with van der Waals surface area (Å²) in [6.45, 7) is 4.05. The van der Waals surface area contributed by atoms with Crippen LogP contribution in [0.1, 0.15) is 47.9 Å². The number of alkyl halides is 3. The summed E-state index contributed by atoms with van der Waals surface area (Å²) < 4.78 is 45.0. The molecule has 10 heteroatoms. The predicted molar refractivity (Wildman–Crippen MR) is 165 cm³/mol. The van der Waals surface area contributed by atoms with Crippen molar-refractivity contribution < 1.29 is 22.7 Å². The summed E-state index contributed by atoms with van der Waals surface area (Å²) in [6, 6.07) is 21.5. The first-order chi connectivity index (χ1) is 21.2. The Morgan fingerprint density at radius 3 is 2.43 bits per heavy atom. The van der Waals surface area contributed by atoms with Gasteiger partial charge in [-0.15, -0.1) is 11.8 Å². The average molecular weight is 621 g/mol. The highest BCUT2D eigenvalue weighted by molar-refractivity contribution is 8.01. The van der Waals surface area contributed by atoms with Gasteiger partial charge in [0.15, 0.2) is 0 Å². The first kappa shape index (κ1) is 30.4. The molecule has 230 valence electrons. The number of ether oxygens (including phenoxy) is 1. The monoisotopic (exact) mass is 620 g/mol. The molecule has 1 unspecified atom stereocenters. The van der Waals surface area contributed by atoms with Crippen LogP contribution in [-0.4, -0.2) is 54.4 Å². The molecule has 1 atom stereocenters. The minimum Gasteiger partial charge on any atom is -0.490 e. The zero-order valence-corrected chi connectivity index (χ0v) is 25.2. The molecule has 6 rings (SSSR count). The molecule has 3 aliphatic heterocycles. The minimum absolute atomic E-state index is 0.0328. The lowest BCUT2D eigenvalue weighted by Crippen LogP contribution is -2.46. The van der Waals surface area contributed by atoms with E-state index in [0.717, 1.165) is 84.9 Å². The second-order valence-electron chi connectivity index (χ2n) is 11.8. The Hall–Kier alpha value is -3.68. The maximum absolute atomic E-state index is 13.2. The number of hydrogen-bond acceptors (Lipinski definition) is 6. The molecule has 2 saturated heterocycles. The average Bonchev–Trinajstić information content (AvgIpc) is 3.46. The molecule has 2 fully saturated rings. The van der Waals surface area contributed by atoms with Crippen molar-refractivity contribution in [3.63, 3.8) is 0 Å². The normalized spacial score (nSPS) is 19.8. The maximum atomic E-state index is 13.2. The molecule has 44 heavy (non-hydrogen) atoms. The van der Waals surface area contributed by atoms with Crippen molar-refractivity contribution in [1.29, 1.82) is 5.26 Å². The van der Waals surface area contributed by atoms with E-state index < -0.39 is 11.7 Å². The van der Waals surface area contributed by atoms with E-state index in [1.807, 2.05) is 30.3 Å². The molecular formula is C34H35F3N4O2S. The van der Waals surface area contributed by atoms with Crippen LogP contribution in [0.3, 0.4) is 0 Å². The Labute approximate surface area is 260 Å². The molecule has 0 saturated carbocycles. The van der Waals surface area contributed by atoms with Crippen LogP contribution >= 0.6 is 11.8 Å². The van der Waals surface area contributed by atoms with E-state index in [0.29, 0.717) is 25.1 Å². The lowest BCUT2D eigenvalue weighted by molar-refractivity contribution is -0.137. The molecule has 0 bridgehead atoms. The van der Waals surface area contributed by atoms with E-state index in [4.69, 9.17) is 10.00 Å². The number of likely N-dealkylation sites (tertiary alicyclic amines) is 1. The van der Waals surface area contributed by atoms with Crippen molar-refractivity contribution in [3.05, 3.63) is 89.0 Å². The highest BCUT2D eigenvalue weighted by Crippen LogP contribution is 2.40. The number of anilines is 1. The van der Waals surface area contributed by atoms with Gasteiger partial charge in [0.25, 0.3) is 0 Å². The number of halogens is 3. The number of carbonyl (C=O) groups excluding carboxylic acids is 1. The molecule has 3 aliphatic rings. The van der Waals surface area contributed by atoms with E-state index in [1.165, 1.54) is 12.1 Å². The fourth-order valence-corrected chi connectivity index (χ4v) is 7.47. The summed E-state index contributed by atoms with van der Waals surface area (Å²) in [4.78, 5) is 18.7. The lowest BCUT2D eigenvalue weighted by atomic mass is 10.0. The topological polar surface area (TPSA) is 68.6 Å². The largest absolute Gasteiger partial charge is 0.490 e. The van der Waals surface area contributed by atoms with Crippen LogP contribution in [-0.2, 0) is 23.9 Å². The van der Waals surface area contributed by atoms with Gasteiger partial charge in [0.1, 0.15) is 11.9 Å². The number of carbonyl (C=O) groups is 1. The molecule has 1 amide bonds. The Kier molecular flexibility index (Phi) is 9.06. The number of rotatable bonds is 7. The minimum atomic E-state index is -4.33. The number of hydrogen-bond donors (Lipinski definition) is 1. The van der Waals surface area contributed by atoms with Crippen molar-refractivity contribution in [2.24, 2.45) is 0 Å². The molecule has 3 aromatic rings. The lowest BCUT2D eigenvalue weighted by Gasteiger charge is -2.34. The molecule has 0 aliphatic carbocycles. The summed E-state index contributed by atoms with van der Waals surface area (Å²) in [5.41, 5.74) is 3.14. The summed E-state index contributed by atoms with van der Waals surface area (Å²) in [6.07, 6.45) is -0.225. The second-order valence-corrected chi connectivity index (χ2v) is 13.0. The standard InChI is InChI=1S/C34H35F3N4O2S/c35-34(36,37)26-5-7-28(8-6-26)41-16-12-29(13-17-41)43-30-9-4-25-19-32(44-31(25)20-30)33(42)39-27-10-14-40(15-11-27)22-24-3-1-2-23(18-24)21-38/h1-9,18,20,27,29,32H,10-17,19,22H2,(H,39,42). The molecule has 3 aromatic carbocycles. The summed E-state index contributed by atoms with van der Waals surface area (Å²) in [7, 11) is 0. The maximum Gasteiger partial charge on any atom is 0.416 e. The van der Waals surface area contributed by atoms with Gasteiger partial charge in [0.2, 0.25) is 5.91 Å². The van der Waals surface area contributed by atoms with Crippen LogP contribution in [0.15, 0.2) is 71.6 Å². The highest BCUT2D eigenvalue weighted by atomic mass is 32.2. The Bertz CT molecular complexity index is 1510. The molecular weight excluding hydrogens is 585 g/mol. The van der Waals surface area contributed by atoms with Crippen LogP contribution in [0.4, 0.5) is 18.9 Å². The van der Waals surface area contributed by atoms with Crippen molar-refractivity contribution in [2.45, 2.75) is 67.1 Å². The van der Waals surface area contributed by atoms with Gasteiger partial charge in [-0.3, -0.25) is 9.69 Å². The van der Waals surface area contributed by atoms with Gasteiger partial charge in [-0.25, -0.2) is 0 Å². The number of fused-ring (bicyclic) bond motifs is 1. The quantitative estimate of drug-likeness (QED) is 0.329. The Morgan fingerprint density at radius 1 is 0.977 bits per heavy atom. The van der Waals surface area contributed by atoms with Gasteiger partial charge in [-0.1, -0.05) is 18.2 Å². The van der Waals surface area contributed by atoms with E-state index in [9.17, 15) is 18.0 Å². The van der Waals surface area contributed by atoms with Gasteiger partial charge in [0, 0.05) is 62.2 Å². The third kappa shape index (κ3) is 7.33. The second kappa shape index (κ2) is 13.1. The van der Waals surface area contributed by atoms with Crippen LogP contribution in [0, 0.1) is 11.3 Å². The van der Waals surface area contributed by atoms with E-state index >= 15 is 0 Å². The van der Waals surface area contributed by atoms with Crippen molar-refractivity contribution >= 4 is 23.4 Å². The number of amides is 1. The zero-order chi connectivity index (χ0) is 30.7. The fourth-order valence-electron chi connectivity index (χ4n) is 6.24. The fraction of sp³-hybridized carbons (Fsp3) is 0.412. The third-order valence-electron chi connectivity index (χ3n) is 8.71. The molecule has 3 heterocycles. The number of nitrogens with one attached hydrogen (secondary N) is 1. The van der Waals surface area contributed by atoms with E-state index in [1.54, 1.807) is 11.8 Å². The van der Waals surface area contributed by atoms with Crippen LogP contribution < -0.4 is 15.0 Å². The Balaban J connectivity index is 0.943. The van der Waals surface area contributed by atoms with Crippen LogP contribution in [0.2, 0.25) is 0 Å². The van der Waals surface area contributed by atoms with Crippen molar-refractivity contribution in [1.82, 2.24) is 10.2 Å². The van der Waals surface area contributed by atoms with Gasteiger partial charge in [-0.05, 0) is 78.9 Å². The molecule has 0 aromatic heterocycles. The molecule has 0 spiro atoms. The SMILES string of the molecule is N#Cc1cccc(CN2CCC(NC(=O)C3Cc4ccc(OC5CCN(c6ccc(C(F)(F)F)cc6)CC5)cc4S3)CC2)c1. The molecule has 6 nitrogen and oxygen atoms in total. The number of piperidine rings is 2. The predicted octanol–water partition coefficient (Wildman–Crippen LogP) is 6.42. The molecule has 0 radical (unpaired) electrons. The first-order valence-corrected chi connectivity index (χ1v) is 16.0. The number of benzene rings is 3.